The molecular weight excluding hydrogens is 246 g/mol. The number of aryl methyl sites for hydroxylation is 1. The molecule has 1 aromatic carbocycles. The van der Waals surface area contributed by atoms with Crippen LogP contribution >= 0.6 is 0 Å². The third-order valence-corrected chi connectivity index (χ3v) is 3.17. The highest BCUT2D eigenvalue weighted by Crippen LogP contribution is 2.20. The van der Waals surface area contributed by atoms with E-state index in [4.69, 9.17) is 5.11 Å². The topological polar surface area (TPSA) is 86.6 Å². The molecule has 1 aliphatic carbocycles. The van der Waals surface area contributed by atoms with Gasteiger partial charge in [0, 0.05) is 11.6 Å². The number of hydrogen-bond donors (Lipinski definition) is 3. The number of amides is 1. The van der Waals surface area contributed by atoms with Gasteiger partial charge in [-0.25, -0.2) is 0 Å². The first-order chi connectivity index (χ1) is 8.97. The number of nitrogens with one attached hydrogen (secondary N) is 1. The molecule has 2 atom stereocenters. The zero-order chi connectivity index (χ0) is 14.0. The Morgan fingerprint density at radius 3 is 2.63 bits per heavy atom. The van der Waals surface area contributed by atoms with Gasteiger partial charge in [-0.15, -0.1) is 0 Å². The van der Waals surface area contributed by atoms with Crippen LogP contribution in [-0.4, -0.2) is 28.1 Å². The van der Waals surface area contributed by atoms with E-state index in [2.05, 4.69) is 5.32 Å². The van der Waals surface area contributed by atoms with Crippen molar-refractivity contribution in [3.63, 3.8) is 0 Å². The van der Waals surface area contributed by atoms with E-state index in [1.807, 2.05) is 0 Å². The number of benzene rings is 1. The molecule has 0 radical (unpaired) electrons. The van der Waals surface area contributed by atoms with E-state index in [1.165, 1.54) is 12.1 Å². The second-order valence-electron chi connectivity index (χ2n) is 4.64. The van der Waals surface area contributed by atoms with Gasteiger partial charge in [0.25, 0.3) is 5.91 Å². The van der Waals surface area contributed by atoms with Gasteiger partial charge in [0.05, 0.1) is 5.92 Å². The van der Waals surface area contributed by atoms with Crippen molar-refractivity contribution < 1.29 is 19.8 Å². The van der Waals surface area contributed by atoms with Gasteiger partial charge in [-0.3, -0.25) is 9.59 Å². The van der Waals surface area contributed by atoms with Crippen LogP contribution in [0.3, 0.4) is 0 Å². The predicted octanol–water partition coefficient (Wildman–Crippen LogP) is 1.46. The molecule has 1 aliphatic rings. The lowest BCUT2D eigenvalue weighted by molar-refractivity contribution is -0.140. The summed E-state index contributed by atoms with van der Waals surface area (Å²) in [5.41, 5.74) is 1.15. The molecule has 1 amide bonds. The van der Waals surface area contributed by atoms with E-state index in [9.17, 15) is 14.7 Å². The molecule has 0 aromatic heterocycles. The predicted molar refractivity (Wildman–Crippen MR) is 69.0 cm³/mol. The molecule has 5 heteroatoms. The summed E-state index contributed by atoms with van der Waals surface area (Å²) in [6.07, 6.45) is 3.67. The monoisotopic (exact) mass is 261 g/mol. The van der Waals surface area contributed by atoms with Crippen molar-refractivity contribution in [2.24, 2.45) is 5.92 Å². The van der Waals surface area contributed by atoms with Gasteiger partial charge in [0.15, 0.2) is 0 Å². The van der Waals surface area contributed by atoms with Crippen molar-refractivity contribution in [2.45, 2.75) is 19.4 Å². The lowest BCUT2D eigenvalue weighted by Gasteiger charge is -2.13. The van der Waals surface area contributed by atoms with Crippen LogP contribution in [0.5, 0.6) is 5.75 Å². The first-order valence-corrected chi connectivity index (χ1v) is 5.99. The fraction of sp³-hybridized carbons (Fsp3) is 0.286. The van der Waals surface area contributed by atoms with Crippen LogP contribution in [0.15, 0.2) is 30.4 Å². The van der Waals surface area contributed by atoms with Gasteiger partial charge in [-0.05, 0) is 37.1 Å². The summed E-state index contributed by atoms with van der Waals surface area (Å²) in [7, 11) is 0. The summed E-state index contributed by atoms with van der Waals surface area (Å²) in [5.74, 6) is -1.57. The largest absolute Gasteiger partial charge is 0.508 e. The van der Waals surface area contributed by atoms with Crippen LogP contribution in [0.2, 0.25) is 0 Å². The minimum Gasteiger partial charge on any atom is -0.508 e. The molecule has 19 heavy (non-hydrogen) atoms. The highest BCUT2D eigenvalue weighted by atomic mass is 16.4. The molecule has 5 nitrogen and oxygen atoms in total. The number of aliphatic carboxylic acids is 1. The van der Waals surface area contributed by atoms with E-state index in [1.54, 1.807) is 25.1 Å². The van der Waals surface area contributed by atoms with Crippen LogP contribution < -0.4 is 5.32 Å². The standard InChI is InChI=1S/C14H15NO4/c1-8-6-11(16)4-5-12(8)13(17)15-10-3-2-9(7-10)14(18)19/h2-6,9-10,16H,7H2,1H3,(H,15,17)(H,18,19). The summed E-state index contributed by atoms with van der Waals surface area (Å²) in [6, 6.07) is 4.25. The Bertz CT molecular complexity index is 550. The van der Waals surface area contributed by atoms with Crippen molar-refractivity contribution in [1.29, 1.82) is 0 Å². The molecule has 3 N–H and O–H groups in total. The van der Waals surface area contributed by atoms with E-state index < -0.39 is 11.9 Å². The van der Waals surface area contributed by atoms with Gasteiger partial charge in [0.2, 0.25) is 0 Å². The third kappa shape index (κ3) is 2.93. The normalized spacial score (nSPS) is 21.3. The van der Waals surface area contributed by atoms with Crippen molar-refractivity contribution in [3.8, 4) is 5.75 Å². The van der Waals surface area contributed by atoms with Crippen molar-refractivity contribution >= 4 is 11.9 Å². The van der Waals surface area contributed by atoms with Crippen molar-refractivity contribution in [1.82, 2.24) is 5.32 Å². The fourth-order valence-corrected chi connectivity index (χ4v) is 2.14. The summed E-state index contributed by atoms with van der Waals surface area (Å²) < 4.78 is 0. The molecule has 0 saturated carbocycles. The summed E-state index contributed by atoms with van der Waals surface area (Å²) in [6.45, 7) is 1.74. The second kappa shape index (κ2) is 5.14. The smallest absolute Gasteiger partial charge is 0.310 e. The fourth-order valence-electron chi connectivity index (χ4n) is 2.14. The average Bonchev–Trinajstić information content (AvgIpc) is 2.77. The Hall–Kier alpha value is -2.30. The lowest BCUT2D eigenvalue weighted by atomic mass is 10.1. The van der Waals surface area contributed by atoms with Crippen LogP contribution in [0, 0.1) is 12.8 Å². The minimum absolute atomic E-state index is 0.112. The van der Waals surface area contributed by atoms with Gasteiger partial charge in [0.1, 0.15) is 5.75 Å². The highest BCUT2D eigenvalue weighted by molar-refractivity contribution is 5.96. The molecule has 0 aliphatic heterocycles. The molecule has 100 valence electrons. The zero-order valence-corrected chi connectivity index (χ0v) is 10.5. The number of carbonyl (C=O) groups is 2. The Morgan fingerprint density at radius 1 is 1.32 bits per heavy atom. The Balaban J connectivity index is 2.03. The van der Waals surface area contributed by atoms with E-state index in [0.717, 1.165) is 0 Å². The molecule has 0 fully saturated rings. The SMILES string of the molecule is Cc1cc(O)ccc1C(=O)NC1C=CC(C(=O)O)C1. The highest BCUT2D eigenvalue weighted by Gasteiger charge is 2.25. The Kier molecular flexibility index (Phi) is 3.55. The number of carboxylic acid groups (broad SMARTS) is 1. The maximum atomic E-state index is 12.0. The molecule has 0 spiro atoms. The van der Waals surface area contributed by atoms with E-state index in [0.29, 0.717) is 17.5 Å². The quantitative estimate of drug-likeness (QED) is 0.719. The Labute approximate surface area is 110 Å². The number of carbonyl (C=O) groups excluding carboxylic acids is 1. The molecule has 0 saturated heterocycles. The van der Waals surface area contributed by atoms with Gasteiger partial charge in [-0.1, -0.05) is 12.2 Å². The maximum absolute atomic E-state index is 12.0. The maximum Gasteiger partial charge on any atom is 0.310 e. The summed E-state index contributed by atoms with van der Waals surface area (Å²) >= 11 is 0. The van der Waals surface area contributed by atoms with Crippen LogP contribution in [-0.2, 0) is 4.79 Å². The number of phenols is 1. The number of carboxylic acids is 1. The van der Waals surface area contributed by atoms with E-state index >= 15 is 0 Å². The number of hydrogen-bond acceptors (Lipinski definition) is 3. The first-order valence-electron chi connectivity index (χ1n) is 5.99. The third-order valence-electron chi connectivity index (χ3n) is 3.17. The summed E-state index contributed by atoms with van der Waals surface area (Å²) in [4.78, 5) is 22.8. The first kappa shape index (κ1) is 13.1. The van der Waals surface area contributed by atoms with Gasteiger partial charge in [-0.2, -0.15) is 0 Å². The van der Waals surface area contributed by atoms with Crippen LogP contribution in [0.25, 0.3) is 0 Å². The van der Waals surface area contributed by atoms with Gasteiger partial charge < -0.3 is 15.5 Å². The minimum atomic E-state index is -0.881. The molecule has 0 bridgehead atoms. The Morgan fingerprint density at radius 2 is 2.05 bits per heavy atom. The average molecular weight is 261 g/mol. The number of rotatable bonds is 3. The van der Waals surface area contributed by atoms with E-state index in [-0.39, 0.29) is 17.7 Å². The van der Waals surface area contributed by atoms with Crippen molar-refractivity contribution in [3.05, 3.63) is 41.5 Å². The van der Waals surface area contributed by atoms with Crippen LogP contribution in [0.4, 0.5) is 0 Å². The van der Waals surface area contributed by atoms with Crippen molar-refractivity contribution in [2.75, 3.05) is 0 Å². The number of phenolic OH excluding ortho intramolecular Hbond substituents is 1. The lowest BCUT2D eigenvalue weighted by Crippen LogP contribution is -2.33. The number of aromatic hydroxyl groups is 1. The molecular formula is C14H15NO4. The molecule has 2 rings (SSSR count). The zero-order valence-electron chi connectivity index (χ0n) is 10.5. The summed E-state index contributed by atoms with van der Waals surface area (Å²) in [5, 5.41) is 20.9. The van der Waals surface area contributed by atoms with Gasteiger partial charge >= 0.3 is 5.97 Å². The molecule has 2 unspecified atom stereocenters. The molecule has 0 heterocycles. The molecule has 1 aromatic rings. The second-order valence-corrected chi connectivity index (χ2v) is 4.64. The van der Waals surface area contributed by atoms with Crippen LogP contribution in [0.1, 0.15) is 22.3 Å².